The van der Waals surface area contributed by atoms with Crippen molar-refractivity contribution in [3.05, 3.63) is 35.8 Å². The van der Waals surface area contributed by atoms with Crippen LogP contribution >= 0.6 is 0 Å². The van der Waals surface area contributed by atoms with Gasteiger partial charge in [0.05, 0.1) is 11.4 Å². The first-order valence-electron chi connectivity index (χ1n) is 6.10. The lowest BCUT2D eigenvalue weighted by molar-refractivity contribution is 0.643. The summed E-state index contributed by atoms with van der Waals surface area (Å²) in [7, 11) is 0. The summed E-state index contributed by atoms with van der Waals surface area (Å²) >= 11 is 0. The number of fused-ring (bicyclic) bond motifs is 1. The minimum absolute atomic E-state index is 0.635. The molecule has 4 heteroatoms. The van der Waals surface area contributed by atoms with Gasteiger partial charge in [-0.1, -0.05) is 6.07 Å². The molecule has 3 rings (SSSR count). The summed E-state index contributed by atoms with van der Waals surface area (Å²) in [6.45, 7) is 1.66. The molecule has 88 valence electrons. The van der Waals surface area contributed by atoms with Crippen molar-refractivity contribution in [1.29, 1.82) is 0 Å². The Bertz CT molecular complexity index is 516. The van der Waals surface area contributed by atoms with Crippen LogP contribution < -0.4 is 5.73 Å². The summed E-state index contributed by atoms with van der Waals surface area (Å²) < 4.78 is 2.12. The number of pyridine rings is 1. The Morgan fingerprint density at radius 1 is 1.35 bits per heavy atom. The van der Waals surface area contributed by atoms with E-state index in [0.717, 1.165) is 30.8 Å². The van der Waals surface area contributed by atoms with Crippen molar-refractivity contribution in [1.82, 2.24) is 14.8 Å². The minimum atomic E-state index is 0.635. The van der Waals surface area contributed by atoms with E-state index in [1.807, 2.05) is 18.3 Å². The van der Waals surface area contributed by atoms with E-state index in [-0.39, 0.29) is 0 Å². The van der Waals surface area contributed by atoms with Crippen molar-refractivity contribution >= 4 is 0 Å². The standard InChI is InChI=1S/C13H16N4/c14-7-6-11-13(10-4-1-2-8-15-10)12-5-3-9-17(12)16-11/h1-2,4,8H,3,5-7,9,14H2. The number of hydrogen-bond donors (Lipinski definition) is 1. The molecule has 0 saturated carbocycles. The van der Waals surface area contributed by atoms with E-state index < -0.39 is 0 Å². The Kier molecular flexibility index (Phi) is 2.65. The molecule has 0 fully saturated rings. The first-order valence-corrected chi connectivity index (χ1v) is 6.10. The van der Waals surface area contributed by atoms with Gasteiger partial charge in [0, 0.05) is 30.4 Å². The molecular weight excluding hydrogens is 212 g/mol. The fourth-order valence-electron chi connectivity index (χ4n) is 2.50. The third-order valence-electron chi connectivity index (χ3n) is 3.22. The zero-order chi connectivity index (χ0) is 11.7. The molecule has 1 aliphatic heterocycles. The molecule has 0 aromatic carbocycles. The second kappa shape index (κ2) is 4.30. The fourth-order valence-corrected chi connectivity index (χ4v) is 2.50. The molecule has 1 aliphatic rings. The maximum Gasteiger partial charge on any atom is 0.0739 e. The number of nitrogens with two attached hydrogens (primary N) is 1. The molecule has 2 aromatic heterocycles. The molecule has 3 heterocycles. The monoisotopic (exact) mass is 228 g/mol. The number of aromatic nitrogens is 3. The predicted octanol–water partition coefficient (Wildman–Crippen LogP) is 1.39. The quantitative estimate of drug-likeness (QED) is 0.863. The summed E-state index contributed by atoms with van der Waals surface area (Å²) in [5.41, 5.74) is 10.3. The van der Waals surface area contributed by atoms with Crippen molar-refractivity contribution in [3.63, 3.8) is 0 Å². The molecule has 2 N–H and O–H groups in total. The minimum Gasteiger partial charge on any atom is -0.330 e. The Morgan fingerprint density at radius 3 is 3.06 bits per heavy atom. The second-order valence-electron chi connectivity index (χ2n) is 4.35. The summed E-state index contributed by atoms with van der Waals surface area (Å²) in [6.07, 6.45) is 4.95. The highest BCUT2D eigenvalue weighted by molar-refractivity contribution is 5.65. The highest BCUT2D eigenvalue weighted by atomic mass is 15.3. The Morgan fingerprint density at radius 2 is 2.29 bits per heavy atom. The highest BCUT2D eigenvalue weighted by Gasteiger charge is 2.22. The summed E-state index contributed by atoms with van der Waals surface area (Å²) in [6, 6.07) is 6.01. The molecule has 2 aromatic rings. The number of nitrogens with zero attached hydrogens (tertiary/aromatic N) is 3. The van der Waals surface area contributed by atoms with Crippen molar-refractivity contribution < 1.29 is 0 Å². The number of aryl methyl sites for hydroxylation is 1. The van der Waals surface area contributed by atoms with Gasteiger partial charge in [-0.3, -0.25) is 9.67 Å². The molecule has 4 nitrogen and oxygen atoms in total. The molecule has 0 atom stereocenters. The van der Waals surface area contributed by atoms with Crippen LogP contribution in [-0.2, 0) is 19.4 Å². The smallest absolute Gasteiger partial charge is 0.0739 e. The lowest BCUT2D eigenvalue weighted by Gasteiger charge is -2.02. The normalized spacial score (nSPS) is 13.9. The molecule has 0 amide bonds. The van der Waals surface area contributed by atoms with Gasteiger partial charge in [-0.2, -0.15) is 5.10 Å². The summed E-state index contributed by atoms with van der Waals surface area (Å²) in [4.78, 5) is 4.45. The van der Waals surface area contributed by atoms with Gasteiger partial charge >= 0.3 is 0 Å². The van der Waals surface area contributed by atoms with Crippen molar-refractivity contribution in [3.8, 4) is 11.3 Å². The molecule has 0 unspecified atom stereocenters. The van der Waals surface area contributed by atoms with Crippen molar-refractivity contribution in [2.45, 2.75) is 25.8 Å². The topological polar surface area (TPSA) is 56.7 Å². The molecule has 0 saturated heterocycles. The van der Waals surface area contributed by atoms with Crippen LogP contribution in [0, 0.1) is 0 Å². The zero-order valence-electron chi connectivity index (χ0n) is 9.76. The molecule has 0 bridgehead atoms. The summed E-state index contributed by atoms with van der Waals surface area (Å²) in [5, 5.41) is 4.65. The summed E-state index contributed by atoms with van der Waals surface area (Å²) in [5.74, 6) is 0. The Balaban J connectivity index is 2.13. The van der Waals surface area contributed by atoms with Crippen LogP contribution in [0.2, 0.25) is 0 Å². The molecule has 0 radical (unpaired) electrons. The Hall–Kier alpha value is -1.68. The lowest BCUT2D eigenvalue weighted by Crippen LogP contribution is -2.05. The van der Waals surface area contributed by atoms with Gasteiger partial charge in [0.1, 0.15) is 0 Å². The van der Waals surface area contributed by atoms with Gasteiger partial charge in [-0.25, -0.2) is 0 Å². The third-order valence-corrected chi connectivity index (χ3v) is 3.22. The lowest BCUT2D eigenvalue weighted by atomic mass is 10.0. The van der Waals surface area contributed by atoms with Crippen LogP contribution in [0.25, 0.3) is 11.3 Å². The van der Waals surface area contributed by atoms with E-state index in [1.165, 1.54) is 17.7 Å². The van der Waals surface area contributed by atoms with E-state index >= 15 is 0 Å². The van der Waals surface area contributed by atoms with Crippen LogP contribution in [0.1, 0.15) is 17.8 Å². The van der Waals surface area contributed by atoms with Crippen LogP contribution in [0.15, 0.2) is 24.4 Å². The Labute approximate surface area is 100 Å². The van der Waals surface area contributed by atoms with Crippen LogP contribution in [0.3, 0.4) is 0 Å². The molecular formula is C13H16N4. The first-order chi connectivity index (χ1) is 8.40. The van der Waals surface area contributed by atoms with Gasteiger partial charge < -0.3 is 5.73 Å². The van der Waals surface area contributed by atoms with E-state index in [0.29, 0.717) is 6.54 Å². The number of rotatable bonds is 3. The maximum atomic E-state index is 5.66. The van der Waals surface area contributed by atoms with Gasteiger partial charge in [0.25, 0.3) is 0 Å². The molecule has 17 heavy (non-hydrogen) atoms. The van der Waals surface area contributed by atoms with Gasteiger partial charge in [-0.05, 0) is 31.5 Å². The van der Waals surface area contributed by atoms with E-state index in [1.54, 1.807) is 0 Å². The zero-order valence-corrected chi connectivity index (χ0v) is 9.76. The molecule has 0 spiro atoms. The fraction of sp³-hybridized carbons (Fsp3) is 0.385. The van der Waals surface area contributed by atoms with Gasteiger partial charge in [-0.15, -0.1) is 0 Å². The molecule has 0 aliphatic carbocycles. The number of hydrogen-bond acceptors (Lipinski definition) is 3. The SMILES string of the molecule is NCCc1nn2c(c1-c1ccccn1)CCC2. The average Bonchev–Trinajstić information content (AvgIpc) is 2.90. The van der Waals surface area contributed by atoms with Crippen LogP contribution in [0.5, 0.6) is 0 Å². The average molecular weight is 228 g/mol. The van der Waals surface area contributed by atoms with Crippen molar-refractivity contribution in [2.75, 3.05) is 6.54 Å². The highest BCUT2D eigenvalue weighted by Crippen LogP contribution is 2.30. The van der Waals surface area contributed by atoms with Gasteiger partial charge in [0.15, 0.2) is 0 Å². The first kappa shape index (κ1) is 10.5. The van der Waals surface area contributed by atoms with E-state index in [2.05, 4.69) is 20.8 Å². The van der Waals surface area contributed by atoms with Crippen molar-refractivity contribution in [2.24, 2.45) is 5.73 Å². The predicted molar refractivity (Wildman–Crippen MR) is 66.5 cm³/mol. The van der Waals surface area contributed by atoms with E-state index in [4.69, 9.17) is 5.73 Å². The van der Waals surface area contributed by atoms with Gasteiger partial charge in [0.2, 0.25) is 0 Å². The second-order valence-corrected chi connectivity index (χ2v) is 4.35. The third kappa shape index (κ3) is 1.74. The van der Waals surface area contributed by atoms with Crippen LogP contribution in [-0.4, -0.2) is 21.3 Å². The van der Waals surface area contributed by atoms with E-state index in [9.17, 15) is 0 Å². The largest absolute Gasteiger partial charge is 0.330 e. The maximum absolute atomic E-state index is 5.66. The van der Waals surface area contributed by atoms with Crippen LogP contribution in [0.4, 0.5) is 0 Å².